The van der Waals surface area contributed by atoms with Crippen molar-refractivity contribution in [1.29, 1.82) is 0 Å². The first-order valence-electron chi connectivity index (χ1n) is 6.38. The zero-order chi connectivity index (χ0) is 14.6. The van der Waals surface area contributed by atoms with Gasteiger partial charge in [-0.2, -0.15) is 0 Å². The van der Waals surface area contributed by atoms with Crippen LogP contribution in [0, 0.1) is 0 Å². The van der Waals surface area contributed by atoms with Crippen molar-refractivity contribution in [2.75, 3.05) is 20.6 Å². The molecule has 0 fully saturated rings. The molecule has 1 N–H and O–H groups in total. The Morgan fingerprint density at radius 3 is 2.58 bits per heavy atom. The largest absolute Gasteiger partial charge is 0.350 e. The number of nitrogens with zero attached hydrogens (tertiary/aromatic N) is 2. The molecule has 0 aliphatic carbocycles. The van der Waals surface area contributed by atoms with Gasteiger partial charge in [0.25, 0.3) is 5.91 Å². The van der Waals surface area contributed by atoms with Gasteiger partial charge < -0.3 is 10.2 Å². The summed E-state index contributed by atoms with van der Waals surface area (Å²) in [5.74, 6) is -0.117. The molecule has 0 saturated carbocycles. The number of carbonyl (C=O) groups excluding carboxylic acids is 1. The van der Waals surface area contributed by atoms with Gasteiger partial charge in [-0.05, 0) is 46.5 Å². The van der Waals surface area contributed by atoms with Gasteiger partial charge in [0.05, 0.1) is 0 Å². The molecular formula is C14H22ClN3O. The molecule has 1 rings (SSSR count). The number of likely N-dealkylation sites (N-methyl/N-ethyl adjacent to an activating group) is 1. The lowest BCUT2D eigenvalue weighted by atomic mass is 10.0. The van der Waals surface area contributed by atoms with E-state index >= 15 is 0 Å². The molecule has 0 radical (unpaired) electrons. The molecule has 0 unspecified atom stereocenters. The minimum absolute atomic E-state index is 0.0972. The maximum atomic E-state index is 12.1. The molecular weight excluding hydrogens is 262 g/mol. The number of hydrogen-bond donors (Lipinski definition) is 1. The quantitative estimate of drug-likeness (QED) is 0.844. The minimum atomic E-state index is -0.117. The fourth-order valence-electron chi connectivity index (χ4n) is 1.42. The maximum Gasteiger partial charge on any atom is 0.251 e. The fraction of sp³-hybridized carbons (Fsp3) is 0.571. The third kappa shape index (κ3) is 4.48. The van der Waals surface area contributed by atoms with E-state index in [9.17, 15) is 4.79 Å². The van der Waals surface area contributed by atoms with E-state index in [1.165, 1.54) is 0 Å². The molecule has 1 aromatic heterocycles. The van der Waals surface area contributed by atoms with Crippen LogP contribution in [-0.2, 0) is 6.42 Å². The minimum Gasteiger partial charge on any atom is -0.350 e. The lowest BCUT2D eigenvalue weighted by Crippen LogP contribution is -2.48. The second-order valence-electron chi connectivity index (χ2n) is 5.41. The number of rotatable bonds is 5. The highest BCUT2D eigenvalue weighted by Crippen LogP contribution is 2.13. The Balaban J connectivity index is 2.76. The van der Waals surface area contributed by atoms with Gasteiger partial charge in [-0.15, -0.1) is 0 Å². The van der Waals surface area contributed by atoms with Crippen LogP contribution >= 0.6 is 11.6 Å². The maximum absolute atomic E-state index is 12.1. The van der Waals surface area contributed by atoms with E-state index in [4.69, 9.17) is 11.6 Å². The van der Waals surface area contributed by atoms with Gasteiger partial charge in [-0.25, -0.2) is 4.98 Å². The summed E-state index contributed by atoms with van der Waals surface area (Å²) in [6.45, 7) is 6.70. The van der Waals surface area contributed by atoms with Crippen LogP contribution in [0.25, 0.3) is 0 Å². The van der Waals surface area contributed by atoms with E-state index in [-0.39, 0.29) is 11.4 Å². The number of nitrogens with one attached hydrogen (secondary N) is 1. The average molecular weight is 284 g/mol. The summed E-state index contributed by atoms with van der Waals surface area (Å²) in [7, 11) is 3.98. The Morgan fingerprint density at radius 1 is 1.42 bits per heavy atom. The van der Waals surface area contributed by atoms with Crippen molar-refractivity contribution in [2.45, 2.75) is 32.7 Å². The molecule has 0 saturated heterocycles. The number of hydrogen-bond acceptors (Lipinski definition) is 3. The summed E-state index contributed by atoms with van der Waals surface area (Å²) in [6.07, 6.45) is 0.754. The number of carbonyl (C=O) groups is 1. The van der Waals surface area contributed by atoms with Crippen LogP contribution in [0.15, 0.2) is 12.1 Å². The van der Waals surface area contributed by atoms with E-state index in [1.807, 2.05) is 21.0 Å². The highest BCUT2D eigenvalue weighted by molar-refractivity contribution is 6.29. The molecule has 1 heterocycles. The number of aromatic nitrogens is 1. The molecule has 0 aliphatic rings. The Hall–Kier alpha value is -1.13. The lowest BCUT2D eigenvalue weighted by Gasteiger charge is -2.32. The van der Waals surface area contributed by atoms with Gasteiger partial charge in [-0.3, -0.25) is 4.79 Å². The van der Waals surface area contributed by atoms with Gasteiger partial charge in [0.15, 0.2) is 0 Å². The zero-order valence-corrected chi connectivity index (χ0v) is 13.0. The van der Waals surface area contributed by atoms with Crippen molar-refractivity contribution >= 4 is 17.5 Å². The number of pyridine rings is 1. The van der Waals surface area contributed by atoms with Crippen LogP contribution in [0.5, 0.6) is 0 Å². The lowest BCUT2D eigenvalue weighted by molar-refractivity contribution is 0.0919. The number of amides is 1. The molecule has 0 aliphatic heterocycles. The van der Waals surface area contributed by atoms with Crippen LogP contribution in [0.4, 0.5) is 0 Å². The summed E-state index contributed by atoms with van der Waals surface area (Å²) in [5, 5.41) is 3.29. The molecule has 0 bridgehead atoms. The van der Waals surface area contributed by atoms with Crippen LogP contribution in [0.3, 0.4) is 0 Å². The third-order valence-electron chi connectivity index (χ3n) is 3.36. The Labute approximate surface area is 120 Å². The van der Waals surface area contributed by atoms with E-state index in [0.29, 0.717) is 17.3 Å². The molecule has 0 aromatic carbocycles. The molecule has 106 valence electrons. The number of aryl methyl sites for hydroxylation is 1. The van der Waals surface area contributed by atoms with Crippen molar-refractivity contribution in [3.05, 3.63) is 28.5 Å². The third-order valence-corrected chi connectivity index (χ3v) is 3.56. The van der Waals surface area contributed by atoms with Crippen molar-refractivity contribution in [3.63, 3.8) is 0 Å². The first-order valence-corrected chi connectivity index (χ1v) is 6.76. The van der Waals surface area contributed by atoms with Crippen molar-refractivity contribution in [3.8, 4) is 0 Å². The molecule has 4 nitrogen and oxygen atoms in total. The summed E-state index contributed by atoms with van der Waals surface area (Å²) in [5.41, 5.74) is 1.29. The normalized spacial score (nSPS) is 11.7. The van der Waals surface area contributed by atoms with Crippen molar-refractivity contribution in [1.82, 2.24) is 15.2 Å². The Bertz CT molecular complexity index is 458. The second kappa shape index (κ2) is 6.35. The zero-order valence-electron chi connectivity index (χ0n) is 12.2. The SMILES string of the molecule is CCc1cc(C(=O)NCC(C)(C)N(C)C)cc(Cl)n1. The van der Waals surface area contributed by atoms with Gasteiger partial charge in [0, 0.05) is 23.3 Å². The van der Waals surface area contributed by atoms with Gasteiger partial charge in [0.2, 0.25) is 0 Å². The van der Waals surface area contributed by atoms with Crippen LogP contribution in [0.1, 0.15) is 36.8 Å². The van der Waals surface area contributed by atoms with E-state index < -0.39 is 0 Å². The predicted molar refractivity (Wildman–Crippen MR) is 78.7 cm³/mol. The first kappa shape index (κ1) is 15.9. The smallest absolute Gasteiger partial charge is 0.251 e. The molecule has 1 amide bonds. The first-order chi connectivity index (χ1) is 8.76. The molecule has 0 spiro atoms. The highest BCUT2D eigenvalue weighted by Gasteiger charge is 2.21. The van der Waals surface area contributed by atoms with Gasteiger partial charge in [0.1, 0.15) is 5.15 Å². The van der Waals surface area contributed by atoms with Crippen LogP contribution < -0.4 is 5.32 Å². The van der Waals surface area contributed by atoms with E-state index in [2.05, 4.69) is 29.0 Å². The molecule has 1 aromatic rings. The topological polar surface area (TPSA) is 45.2 Å². The standard InChI is InChI=1S/C14H22ClN3O/c1-6-11-7-10(8-12(15)17-11)13(19)16-9-14(2,3)18(4)5/h7-8H,6,9H2,1-5H3,(H,16,19). The van der Waals surface area contributed by atoms with Gasteiger partial charge in [-0.1, -0.05) is 18.5 Å². The predicted octanol–water partition coefficient (Wildman–Crippen LogP) is 2.37. The monoisotopic (exact) mass is 283 g/mol. The summed E-state index contributed by atoms with van der Waals surface area (Å²) < 4.78 is 0. The summed E-state index contributed by atoms with van der Waals surface area (Å²) in [4.78, 5) is 18.3. The van der Waals surface area contributed by atoms with Crippen LogP contribution in [0.2, 0.25) is 5.15 Å². The molecule has 5 heteroatoms. The van der Waals surface area contributed by atoms with E-state index in [1.54, 1.807) is 12.1 Å². The van der Waals surface area contributed by atoms with Crippen LogP contribution in [-0.4, -0.2) is 42.0 Å². The average Bonchev–Trinajstić information content (AvgIpc) is 2.34. The summed E-state index contributed by atoms with van der Waals surface area (Å²) >= 11 is 5.91. The van der Waals surface area contributed by atoms with E-state index in [0.717, 1.165) is 12.1 Å². The van der Waals surface area contributed by atoms with Crippen molar-refractivity contribution in [2.24, 2.45) is 0 Å². The number of halogens is 1. The van der Waals surface area contributed by atoms with Crippen molar-refractivity contribution < 1.29 is 4.79 Å². The fourth-order valence-corrected chi connectivity index (χ4v) is 1.65. The Morgan fingerprint density at radius 2 is 2.05 bits per heavy atom. The molecule has 0 atom stereocenters. The molecule has 19 heavy (non-hydrogen) atoms. The Kier molecular flexibility index (Phi) is 5.32. The van der Waals surface area contributed by atoms with Gasteiger partial charge >= 0.3 is 0 Å². The summed E-state index contributed by atoms with van der Waals surface area (Å²) in [6, 6.07) is 3.38. The highest BCUT2D eigenvalue weighted by atomic mass is 35.5. The second-order valence-corrected chi connectivity index (χ2v) is 5.80.